The number of rotatable bonds is 3. The van der Waals surface area contributed by atoms with E-state index in [2.05, 4.69) is 10.3 Å². The van der Waals surface area contributed by atoms with Gasteiger partial charge in [0, 0.05) is 6.20 Å². The third-order valence-electron chi connectivity index (χ3n) is 3.36. The van der Waals surface area contributed by atoms with Gasteiger partial charge in [0.15, 0.2) is 5.82 Å². The van der Waals surface area contributed by atoms with Gasteiger partial charge in [0.1, 0.15) is 17.3 Å². The third kappa shape index (κ3) is 2.81. The molecule has 0 bridgehead atoms. The van der Waals surface area contributed by atoms with E-state index in [-0.39, 0.29) is 24.0 Å². The maximum absolute atomic E-state index is 13.2. The van der Waals surface area contributed by atoms with Crippen LogP contribution in [0.5, 0.6) is 0 Å². The minimum absolute atomic E-state index is 0.113. The quantitative estimate of drug-likeness (QED) is 0.808. The Bertz CT molecular complexity index is 840. The molecule has 0 aliphatic carbocycles. The van der Waals surface area contributed by atoms with E-state index in [4.69, 9.17) is 0 Å². The van der Waals surface area contributed by atoms with Gasteiger partial charge in [0.25, 0.3) is 0 Å². The molecule has 2 heterocycles. The molecule has 3 rings (SSSR count). The number of pyridine rings is 1. The van der Waals surface area contributed by atoms with Gasteiger partial charge in [0.2, 0.25) is 5.91 Å². The molecule has 0 saturated carbocycles. The van der Waals surface area contributed by atoms with Gasteiger partial charge in [0.05, 0.1) is 12.1 Å². The molecule has 1 aromatic carbocycles. The van der Waals surface area contributed by atoms with E-state index in [0.29, 0.717) is 22.7 Å². The first-order chi connectivity index (χ1) is 10.5. The van der Waals surface area contributed by atoms with E-state index in [0.717, 1.165) is 0 Å². The van der Waals surface area contributed by atoms with Gasteiger partial charge in [-0.1, -0.05) is 12.1 Å². The monoisotopic (exact) mass is 301 g/mol. The van der Waals surface area contributed by atoms with Crippen LogP contribution in [0.1, 0.15) is 11.3 Å². The topological polar surface area (TPSA) is 46.4 Å². The van der Waals surface area contributed by atoms with Crippen molar-refractivity contribution in [1.29, 1.82) is 0 Å². The van der Waals surface area contributed by atoms with Gasteiger partial charge in [-0.05, 0) is 36.8 Å². The van der Waals surface area contributed by atoms with Crippen LogP contribution in [0, 0.1) is 18.6 Å². The number of anilines is 1. The van der Waals surface area contributed by atoms with E-state index in [1.807, 2.05) is 0 Å². The largest absolute Gasteiger partial charge is 0.309 e. The molecule has 3 aromatic rings. The SMILES string of the molecule is Cc1c(NC(=O)Cc2ccc(F)cc2)nc2ccc(F)cn12. The molecule has 0 fully saturated rings. The van der Waals surface area contributed by atoms with Crippen LogP contribution < -0.4 is 5.32 Å². The molecule has 0 radical (unpaired) electrons. The summed E-state index contributed by atoms with van der Waals surface area (Å²) in [7, 11) is 0. The average Bonchev–Trinajstić information content (AvgIpc) is 2.78. The Hall–Kier alpha value is -2.76. The van der Waals surface area contributed by atoms with Crippen LogP contribution in [0.25, 0.3) is 5.65 Å². The third-order valence-corrected chi connectivity index (χ3v) is 3.36. The van der Waals surface area contributed by atoms with Crippen LogP contribution in [-0.2, 0) is 11.2 Å². The Balaban J connectivity index is 1.79. The predicted molar refractivity (Wildman–Crippen MR) is 78.6 cm³/mol. The van der Waals surface area contributed by atoms with Crippen molar-refractivity contribution in [2.24, 2.45) is 0 Å². The number of carbonyl (C=O) groups excluding carboxylic acids is 1. The van der Waals surface area contributed by atoms with Gasteiger partial charge in [-0.15, -0.1) is 0 Å². The summed E-state index contributed by atoms with van der Waals surface area (Å²) in [6.45, 7) is 1.74. The average molecular weight is 301 g/mol. The van der Waals surface area contributed by atoms with Crippen molar-refractivity contribution in [2.75, 3.05) is 5.32 Å². The van der Waals surface area contributed by atoms with Crippen LogP contribution in [0.15, 0.2) is 42.6 Å². The van der Waals surface area contributed by atoms with Crippen molar-refractivity contribution in [1.82, 2.24) is 9.38 Å². The van der Waals surface area contributed by atoms with Gasteiger partial charge in [-0.25, -0.2) is 13.8 Å². The highest BCUT2D eigenvalue weighted by Gasteiger charge is 2.12. The summed E-state index contributed by atoms with van der Waals surface area (Å²) in [5, 5.41) is 2.70. The van der Waals surface area contributed by atoms with Crippen molar-refractivity contribution in [2.45, 2.75) is 13.3 Å². The lowest BCUT2D eigenvalue weighted by molar-refractivity contribution is -0.115. The van der Waals surface area contributed by atoms with Crippen LogP contribution in [-0.4, -0.2) is 15.3 Å². The lowest BCUT2D eigenvalue weighted by atomic mass is 10.1. The molecule has 1 N–H and O–H groups in total. The molecule has 1 amide bonds. The number of amides is 1. The zero-order valence-electron chi connectivity index (χ0n) is 11.8. The standard InChI is InChI=1S/C16H13F2N3O/c1-10-16(19-14-7-6-13(18)9-21(10)14)20-15(22)8-11-2-4-12(17)5-3-11/h2-7,9H,8H2,1H3,(H,20,22). The molecule has 22 heavy (non-hydrogen) atoms. The second-order valence-electron chi connectivity index (χ2n) is 4.97. The summed E-state index contributed by atoms with van der Waals surface area (Å²) >= 11 is 0. The second-order valence-corrected chi connectivity index (χ2v) is 4.97. The first-order valence-corrected chi connectivity index (χ1v) is 6.71. The highest BCUT2D eigenvalue weighted by Crippen LogP contribution is 2.17. The van der Waals surface area contributed by atoms with E-state index >= 15 is 0 Å². The van der Waals surface area contributed by atoms with Gasteiger partial charge in [-0.2, -0.15) is 0 Å². The number of fused-ring (bicyclic) bond motifs is 1. The van der Waals surface area contributed by atoms with E-state index < -0.39 is 0 Å². The summed E-state index contributed by atoms with van der Waals surface area (Å²) in [5.41, 5.74) is 1.89. The summed E-state index contributed by atoms with van der Waals surface area (Å²) in [6, 6.07) is 8.58. The maximum Gasteiger partial charge on any atom is 0.229 e. The summed E-state index contributed by atoms with van der Waals surface area (Å²) in [4.78, 5) is 16.3. The lowest BCUT2D eigenvalue weighted by Gasteiger charge is -2.04. The predicted octanol–water partition coefficient (Wildman–Crippen LogP) is 3.10. The number of halogens is 2. The number of hydrogen-bond donors (Lipinski definition) is 1. The molecule has 0 spiro atoms. The number of aryl methyl sites for hydroxylation is 1. The molecule has 0 aliphatic heterocycles. The minimum Gasteiger partial charge on any atom is -0.309 e. The lowest BCUT2D eigenvalue weighted by Crippen LogP contribution is -2.15. The first kappa shape index (κ1) is 14.2. The molecule has 4 nitrogen and oxygen atoms in total. The fourth-order valence-electron chi connectivity index (χ4n) is 2.22. The summed E-state index contributed by atoms with van der Waals surface area (Å²) in [6.07, 6.45) is 1.43. The number of benzene rings is 1. The molecular formula is C16H13F2N3O. The second kappa shape index (κ2) is 5.55. The first-order valence-electron chi connectivity index (χ1n) is 6.71. The van der Waals surface area contributed by atoms with Crippen molar-refractivity contribution < 1.29 is 13.6 Å². The highest BCUT2D eigenvalue weighted by molar-refractivity contribution is 5.92. The Kier molecular flexibility index (Phi) is 3.58. The van der Waals surface area contributed by atoms with Gasteiger partial charge >= 0.3 is 0 Å². The van der Waals surface area contributed by atoms with Gasteiger partial charge < -0.3 is 5.32 Å². The fourth-order valence-corrected chi connectivity index (χ4v) is 2.22. The number of hydrogen-bond acceptors (Lipinski definition) is 2. The van der Waals surface area contributed by atoms with Crippen LogP contribution in [0.2, 0.25) is 0 Å². The van der Waals surface area contributed by atoms with Crippen molar-refractivity contribution >= 4 is 17.4 Å². The zero-order valence-corrected chi connectivity index (χ0v) is 11.8. The molecule has 0 saturated heterocycles. The van der Waals surface area contributed by atoms with E-state index in [1.54, 1.807) is 23.5 Å². The molecule has 112 valence electrons. The van der Waals surface area contributed by atoms with Gasteiger partial charge in [-0.3, -0.25) is 9.20 Å². The molecule has 2 aromatic heterocycles. The van der Waals surface area contributed by atoms with Crippen molar-refractivity contribution in [3.63, 3.8) is 0 Å². The zero-order chi connectivity index (χ0) is 15.7. The Labute approximate surface area is 125 Å². The Morgan fingerprint density at radius 3 is 2.55 bits per heavy atom. The van der Waals surface area contributed by atoms with Crippen molar-refractivity contribution in [3.8, 4) is 0 Å². The summed E-state index contributed by atoms with van der Waals surface area (Å²) < 4.78 is 27.6. The smallest absolute Gasteiger partial charge is 0.229 e. The highest BCUT2D eigenvalue weighted by atomic mass is 19.1. The maximum atomic E-state index is 13.2. The number of imidazole rings is 1. The minimum atomic E-state index is -0.378. The van der Waals surface area contributed by atoms with E-state index in [1.165, 1.54) is 30.5 Å². The number of nitrogens with zero attached hydrogens (tertiary/aromatic N) is 2. The number of aromatic nitrogens is 2. The number of nitrogens with one attached hydrogen (secondary N) is 1. The normalized spacial score (nSPS) is 10.9. The molecule has 0 aliphatic rings. The van der Waals surface area contributed by atoms with Crippen molar-refractivity contribution in [3.05, 3.63) is 65.5 Å². The van der Waals surface area contributed by atoms with Crippen LogP contribution >= 0.6 is 0 Å². The van der Waals surface area contributed by atoms with Crippen LogP contribution in [0.3, 0.4) is 0 Å². The molecular weight excluding hydrogens is 288 g/mol. The fraction of sp³-hybridized carbons (Fsp3) is 0.125. The molecule has 0 atom stereocenters. The Morgan fingerprint density at radius 1 is 1.14 bits per heavy atom. The van der Waals surface area contributed by atoms with Crippen LogP contribution in [0.4, 0.5) is 14.6 Å². The van der Waals surface area contributed by atoms with E-state index in [9.17, 15) is 13.6 Å². The molecule has 6 heteroatoms. The number of carbonyl (C=O) groups is 1. The molecule has 0 unspecified atom stereocenters. The summed E-state index contributed by atoms with van der Waals surface area (Å²) in [5.74, 6) is -0.601. The Morgan fingerprint density at radius 2 is 1.82 bits per heavy atom.